The molecular weight excluding hydrogens is 454 g/mol. The van der Waals surface area contributed by atoms with E-state index >= 15 is 0 Å². The van der Waals surface area contributed by atoms with Crippen molar-refractivity contribution in [2.24, 2.45) is 0 Å². The normalized spacial score (nSPS) is 11.8. The quantitative estimate of drug-likeness (QED) is 0.327. The van der Waals surface area contributed by atoms with Gasteiger partial charge in [0, 0.05) is 23.0 Å². The van der Waals surface area contributed by atoms with E-state index < -0.39 is 0 Å². The molecule has 2 aromatic carbocycles. The van der Waals surface area contributed by atoms with Crippen LogP contribution in [0.3, 0.4) is 0 Å². The molecule has 2 heterocycles. The summed E-state index contributed by atoms with van der Waals surface area (Å²) in [5.41, 5.74) is 3.10. The molecule has 0 radical (unpaired) electrons. The first-order valence-electron chi connectivity index (χ1n) is 10.7. The van der Waals surface area contributed by atoms with Crippen LogP contribution in [0.2, 0.25) is 5.02 Å². The number of rotatable bonds is 9. The second-order valence-corrected chi connectivity index (χ2v) is 8.86. The van der Waals surface area contributed by atoms with E-state index in [1.807, 2.05) is 66.1 Å². The van der Waals surface area contributed by atoms with Gasteiger partial charge in [0.15, 0.2) is 11.0 Å². The average Bonchev–Trinajstić information content (AvgIpc) is 3.25. The largest absolute Gasteiger partial charge is 0.349 e. The summed E-state index contributed by atoms with van der Waals surface area (Å²) in [5, 5.41) is 13.3. The lowest BCUT2D eigenvalue weighted by atomic mass is 10.0. The zero-order valence-corrected chi connectivity index (χ0v) is 19.8. The third-order valence-electron chi connectivity index (χ3n) is 5.19. The number of halogens is 1. The molecule has 6 nitrogen and oxygen atoms in total. The third-order valence-corrected chi connectivity index (χ3v) is 6.41. The highest BCUT2D eigenvalue weighted by atomic mass is 35.5. The molecule has 4 aromatic rings. The van der Waals surface area contributed by atoms with Crippen molar-refractivity contribution in [3.05, 3.63) is 95.3 Å². The van der Waals surface area contributed by atoms with Crippen LogP contribution in [0.25, 0.3) is 11.4 Å². The summed E-state index contributed by atoms with van der Waals surface area (Å²) in [6, 6.07) is 21.5. The number of nitrogens with zero attached hydrogens (tertiary/aromatic N) is 4. The van der Waals surface area contributed by atoms with Gasteiger partial charge in [0.25, 0.3) is 0 Å². The van der Waals surface area contributed by atoms with Gasteiger partial charge in [-0.1, -0.05) is 72.8 Å². The predicted molar refractivity (Wildman–Crippen MR) is 132 cm³/mol. The number of hydrogen-bond donors (Lipinski definition) is 1. The molecule has 33 heavy (non-hydrogen) atoms. The standard InChI is InChI=1S/C25H24ClN5OS/c1-2-22(19-8-10-21(26)11-9-19)28-23(32)17-33-25-30-29-24(20-12-14-27-15-13-20)31(25)16-18-6-4-3-5-7-18/h3-15,22H,2,16-17H2,1H3,(H,28,32). The molecule has 0 aliphatic heterocycles. The Kier molecular flexibility index (Phi) is 7.75. The van der Waals surface area contributed by atoms with Gasteiger partial charge < -0.3 is 5.32 Å². The maximum absolute atomic E-state index is 12.7. The highest BCUT2D eigenvalue weighted by Crippen LogP contribution is 2.25. The van der Waals surface area contributed by atoms with Crippen LogP contribution in [-0.4, -0.2) is 31.4 Å². The maximum atomic E-state index is 12.7. The number of amides is 1. The van der Waals surface area contributed by atoms with Crippen molar-refractivity contribution in [2.45, 2.75) is 31.1 Å². The van der Waals surface area contributed by atoms with Crippen LogP contribution in [0.4, 0.5) is 0 Å². The molecule has 168 valence electrons. The molecule has 2 aromatic heterocycles. The Bertz CT molecular complexity index is 1180. The van der Waals surface area contributed by atoms with Crippen LogP contribution in [0.1, 0.15) is 30.5 Å². The van der Waals surface area contributed by atoms with E-state index in [1.54, 1.807) is 12.4 Å². The van der Waals surface area contributed by atoms with Crippen LogP contribution in [0.5, 0.6) is 0 Å². The van der Waals surface area contributed by atoms with Crippen LogP contribution in [0, 0.1) is 0 Å². The summed E-state index contributed by atoms with van der Waals surface area (Å²) in [7, 11) is 0. The lowest BCUT2D eigenvalue weighted by Gasteiger charge is -2.17. The zero-order valence-electron chi connectivity index (χ0n) is 18.2. The van der Waals surface area contributed by atoms with Gasteiger partial charge in [0.05, 0.1) is 18.3 Å². The van der Waals surface area contributed by atoms with Gasteiger partial charge in [-0.2, -0.15) is 0 Å². The second kappa shape index (κ2) is 11.1. The van der Waals surface area contributed by atoms with E-state index in [2.05, 4.69) is 32.6 Å². The molecule has 0 aliphatic rings. The second-order valence-electron chi connectivity index (χ2n) is 7.48. The lowest BCUT2D eigenvalue weighted by molar-refractivity contribution is -0.119. The third kappa shape index (κ3) is 6.00. The topological polar surface area (TPSA) is 72.7 Å². The summed E-state index contributed by atoms with van der Waals surface area (Å²) in [6.45, 7) is 2.65. The first kappa shape index (κ1) is 23.0. The molecule has 0 aliphatic carbocycles. The van der Waals surface area contributed by atoms with Gasteiger partial charge in [-0.15, -0.1) is 10.2 Å². The fourth-order valence-corrected chi connectivity index (χ4v) is 4.38. The number of hydrogen-bond acceptors (Lipinski definition) is 5. The minimum atomic E-state index is -0.0649. The molecule has 0 saturated carbocycles. The van der Waals surface area contributed by atoms with E-state index in [1.165, 1.54) is 11.8 Å². The fourth-order valence-electron chi connectivity index (χ4n) is 3.50. The smallest absolute Gasteiger partial charge is 0.230 e. The van der Waals surface area contributed by atoms with Crippen LogP contribution < -0.4 is 5.32 Å². The molecule has 0 bridgehead atoms. The Balaban J connectivity index is 1.49. The minimum Gasteiger partial charge on any atom is -0.349 e. The van der Waals surface area contributed by atoms with Gasteiger partial charge in [-0.05, 0) is 41.8 Å². The number of nitrogens with one attached hydrogen (secondary N) is 1. The maximum Gasteiger partial charge on any atom is 0.230 e. The Morgan fingerprint density at radius 3 is 2.45 bits per heavy atom. The lowest BCUT2D eigenvalue weighted by Crippen LogP contribution is -2.29. The monoisotopic (exact) mass is 477 g/mol. The molecule has 0 spiro atoms. The van der Waals surface area contributed by atoms with E-state index in [0.29, 0.717) is 16.7 Å². The number of pyridine rings is 1. The summed E-state index contributed by atoms with van der Waals surface area (Å²) in [4.78, 5) is 16.8. The first-order valence-corrected chi connectivity index (χ1v) is 12.1. The fraction of sp³-hybridized carbons (Fsp3) is 0.200. The molecule has 8 heteroatoms. The van der Waals surface area contributed by atoms with Crippen molar-refractivity contribution in [3.63, 3.8) is 0 Å². The van der Waals surface area contributed by atoms with Crippen molar-refractivity contribution in [3.8, 4) is 11.4 Å². The summed E-state index contributed by atoms with van der Waals surface area (Å²) in [5.74, 6) is 0.936. The summed E-state index contributed by atoms with van der Waals surface area (Å²) < 4.78 is 2.04. The highest BCUT2D eigenvalue weighted by molar-refractivity contribution is 7.99. The summed E-state index contributed by atoms with van der Waals surface area (Å²) >= 11 is 7.37. The van der Waals surface area contributed by atoms with Gasteiger partial charge in [0.1, 0.15) is 0 Å². The molecule has 0 fully saturated rings. The van der Waals surface area contributed by atoms with Crippen LogP contribution >= 0.6 is 23.4 Å². The molecule has 1 unspecified atom stereocenters. The molecule has 0 saturated heterocycles. The van der Waals surface area contributed by atoms with Crippen molar-refractivity contribution in [2.75, 3.05) is 5.75 Å². The molecule has 4 rings (SSSR count). The van der Waals surface area contributed by atoms with Gasteiger partial charge in [0.2, 0.25) is 5.91 Å². The van der Waals surface area contributed by atoms with Crippen LogP contribution in [0.15, 0.2) is 84.3 Å². The van der Waals surface area contributed by atoms with Crippen molar-refractivity contribution >= 4 is 29.3 Å². The van der Waals surface area contributed by atoms with Gasteiger partial charge in [-0.25, -0.2) is 0 Å². The van der Waals surface area contributed by atoms with Crippen LogP contribution in [-0.2, 0) is 11.3 Å². The summed E-state index contributed by atoms with van der Waals surface area (Å²) in [6.07, 6.45) is 4.26. The van der Waals surface area contributed by atoms with Crippen molar-refractivity contribution in [1.82, 2.24) is 25.1 Å². The average molecular weight is 478 g/mol. The Morgan fingerprint density at radius 1 is 1.03 bits per heavy atom. The number of thioether (sulfide) groups is 1. The Hall–Kier alpha value is -3.16. The molecule has 1 amide bonds. The zero-order chi connectivity index (χ0) is 23.0. The number of carbonyl (C=O) groups excluding carboxylic acids is 1. The Labute approximate surface area is 202 Å². The highest BCUT2D eigenvalue weighted by Gasteiger charge is 2.18. The SMILES string of the molecule is CCC(NC(=O)CSc1nnc(-c2ccncc2)n1Cc1ccccc1)c1ccc(Cl)cc1. The van der Waals surface area contributed by atoms with E-state index in [0.717, 1.165) is 28.9 Å². The molecular formula is C25H24ClN5OS. The van der Waals surface area contributed by atoms with Gasteiger partial charge >= 0.3 is 0 Å². The van der Waals surface area contributed by atoms with E-state index in [4.69, 9.17) is 11.6 Å². The van der Waals surface area contributed by atoms with Gasteiger partial charge in [-0.3, -0.25) is 14.3 Å². The molecule has 1 atom stereocenters. The van der Waals surface area contributed by atoms with Crippen molar-refractivity contribution in [1.29, 1.82) is 0 Å². The Morgan fingerprint density at radius 2 is 1.76 bits per heavy atom. The first-order chi connectivity index (χ1) is 16.1. The predicted octanol–water partition coefficient (Wildman–Crippen LogP) is 5.40. The van der Waals surface area contributed by atoms with Crippen molar-refractivity contribution < 1.29 is 4.79 Å². The number of aromatic nitrogens is 4. The van der Waals surface area contributed by atoms with E-state index in [-0.39, 0.29) is 17.7 Å². The number of carbonyl (C=O) groups is 1. The van der Waals surface area contributed by atoms with E-state index in [9.17, 15) is 4.79 Å². The minimum absolute atomic E-state index is 0.0541. The molecule has 1 N–H and O–H groups in total. The number of benzene rings is 2.